The molecular weight excluding hydrogens is 254 g/mol. The summed E-state index contributed by atoms with van der Waals surface area (Å²) >= 11 is 0. The highest BCUT2D eigenvalue weighted by atomic mass is 16.5. The molecule has 0 saturated carbocycles. The highest BCUT2D eigenvalue weighted by Gasteiger charge is 2.17. The van der Waals surface area contributed by atoms with Crippen LogP contribution in [0.5, 0.6) is 0 Å². The zero-order valence-electron chi connectivity index (χ0n) is 11.2. The lowest BCUT2D eigenvalue weighted by atomic mass is 10.2. The second kappa shape index (κ2) is 4.77. The highest BCUT2D eigenvalue weighted by Crippen LogP contribution is 2.25. The maximum Gasteiger partial charge on any atom is 0.340 e. The summed E-state index contributed by atoms with van der Waals surface area (Å²) in [5.41, 5.74) is 3.00. The molecule has 0 aliphatic rings. The van der Waals surface area contributed by atoms with Crippen molar-refractivity contribution in [3.63, 3.8) is 0 Å². The first-order valence-electron chi connectivity index (χ1n) is 6.16. The van der Waals surface area contributed by atoms with Crippen LogP contribution in [0.3, 0.4) is 0 Å². The van der Waals surface area contributed by atoms with Crippen molar-refractivity contribution in [3.05, 3.63) is 48.3 Å². The number of ether oxygens (including phenoxy) is 1. The number of hydrogen-bond acceptors (Lipinski definition) is 4. The van der Waals surface area contributed by atoms with Crippen LogP contribution in [0.15, 0.2) is 42.7 Å². The number of benzene rings is 1. The van der Waals surface area contributed by atoms with Crippen molar-refractivity contribution >= 4 is 17.0 Å². The molecule has 3 rings (SSSR count). The normalized spacial score (nSPS) is 10.7. The Morgan fingerprint density at radius 1 is 1.20 bits per heavy atom. The van der Waals surface area contributed by atoms with Crippen LogP contribution in [-0.2, 0) is 11.8 Å². The van der Waals surface area contributed by atoms with E-state index in [9.17, 15) is 4.79 Å². The summed E-state index contributed by atoms with van der Waals surface area (Å²) in [6.45, 7) is 0. The molecule has 0 spiro atoms. The number of pyridine rings is 1. The van der Waals surface area contributed by atoms with E-state index in [2.05, 4.69) is 9.97 Å². The van der Waals surface area contributed by atoms with E-state index in [1.165, 1.54) is 7.11 Å². The molecule has 20 heavy (non-hydrogen) atoms. The molecule has 2 aromatic heterocycles. The molecular formula is C15H13N3O2. The van der Waals surface area contributed by atoms with E-state index in [1.54, 1.807) is 24.5 Å². The number of carbonyl (C=O) groups excluding carboxylic acids is 1. The topological polar surface area (TPSA) is 57.0 Å². The average molecular weight is 267 g/mol. The SMILES string of the molecule is COC(=O)c1cccc2nc(-c3ccncc3)n(C)c12. The van der Waals surface area contributed by atoms with E-state index < -0.39 is 0 Å². The first kappa shape index (κ1) is 12.3. The van der Waals surface area contributed by atoms with Crippen molar-refractivity contribution in [2.45, 2.75) is 0 Å². The monoisotopic (exact) mass is 267 g/mol. The number of methoxy groups -OCH3 is 1. The van der Waals surface area contributed by atoms with Gasteiger partial charge in [0.15, 0.2) is 0 Å². The Morgan fingerprint density at radius 3 is 2.65 bits per heavy atom. The molecule has 0 unspecified atom stereocenters. The van der Waals surface area contributed by atoms with Gasteiger partial charge in [0.05, 0.1) is 23.7 Å². The van der Waals surface area contributed by atoms with Crippen molar-refractivity contribution in [2.24, 2.45) is 7.05 Å². The van der Waals surface area contributed by atoms with Gasteiger partial charge >= 0.3 is 5.97 Å². The molecule has 0 bridgehead atoms. The summed E-state index contributed by atoms with van der Waals surface area (Å²) in [6.07, 6.45) is 3.44. The van der Waals surface area contributed by atoms with Gasteiger partial charge in [-0.3, -0.25) is 4.98 Å². The van der Waals surface area contributed by atoms with Gasteiger partial charge in [-0.25, -0.2) is 9.78 Å². The van der Waals surface area contributed by atoms with Gasteiger partial charge in [-0.05, 0) is 24.3 Å². The average Bonchev–Trinajstić information content (AvgIpc) is 2.85. The smallest absolute Gasteiger partial charge is 0.340 e. The van der Waals surface area contributed by atoms with Crippen LogP contribution >= 0.6 is 0 Å². The molecule has 0 aliphatic carbocycles. The van der Waals surface area contributed by atoms with E-state index in [0.717, 1.165) is 22.4 Å². The van der Waals surface area contributed by atoms with E-state index in [-0.39, 0.29) is 5.97 Å². The molecule has 2 heterocycles. The van der Waals surface area contributed by atoms with Gasteiger partial charge < -0.3 is 9.30 Å². The third kappa shape index (κ3) is 1.84. The van der Waals surface area contributed by atoms with Crippen molar-refractivity contribution in [3.8, 4) is 11.4 Å². The van der Waals surface area contributed by atoms with E-state index in [1.807, 2.05) is 29.8 Å². The largest absolute Gasteiger partial charge is 0.465 e. The first-order chi connectivity index (χ1) is 9.72. The summed E-state index contributed by atoms with van der Waals surface area (Å²) in [4.78, 5) is 20.4. The maximum atomic E-state index is 11.9. The first-order valence-corrected chi connectivity index (χ1v) is 6.16. The summed E-state index contributed by atoms with van der Waals surface area (Å²) in [7, 11) is 3.26. The number of imidazole rings is 1. The minimum Gasteiger partial charge on any atom is -0.465 e. The summed E-state index contributed by atoms with van der Waals surface area (Å²) in [5.74, 6) is 0.429. The molecule has 100 valence electrons. The van der Waals surface area contributed by atoms with E-state index in [4.69, 9.17) is 4.74 Å². The van der Waals surface area contributed by atoms with Crippen molar-refractivity contribution in [1.29, 1.82) is 0 Å². The van der Waals surface area contributed by atoms with Crippen LogP contribution in [0.1, 0.15) is 10.4 Å². The van der Waals surface area contributed by atoms with E-state index in [0.29, 0.717) is 5.56 Å². The lowest BCUT2D eigenvalue weighted by molar-refractivity contribution is 0.0602. The zero-order chi connectivity index (χ0) is 14.1. The summed E-state index contributed by atoms with van der Waals surface area (Å²) < 4.78 is 6.72. The van der Waals surface area contributed by atoms with Crippen LogP contribution < -0.4 is 0 Å². The molecule has 0 saturated heterocycles. The Bertz CT molecular complexity index is 778. The zero-order valence-corrected chi connectivity index (χ0v) is 11.2. The third-order valence-corrected chi connectivity index (χ3v) is 3.24. The molecule has 1 aromatic carbocycles. The van der Waals surface area contributed by atoms with E-state index >= 15 is 0 Å². The van der Waals surface area contributed by atoms with Crippen LogP contribution in [0.2, 0.25) is 0 Å². The number of hydrogen-bond donors (Lipinski definition) is 0. The number of rotatable bonds is 2. The minimum absolute atomic E-state index is 0.361. The molecule has 5 nitrogen and oxygen atoms in total. The quantitative estimate of drug-likeness (QED) is 0.669. The molecule has 0 N–H and O–H groups in total. The number of esters is 1. The maximum absolute atomic E-state index is 11.9. The summed E-state index contributed by atoms with van der Waals surface area (Å²) in [6, 6.07) is 9.20. The van der Waals surface area contributed by atoms with Crippen LogP contribution in [0, 0.1) is 0 Å². The number of para-hydroxylation sites is 1. The number of fused-ring (bicyclic) bond motifs is 1. The number of aromatic nitrogens is 3. The minimum atomic E-state index is -0.361. The standard InChI is InChI=1S/C15H13N3O2/c1-18-13-11(15(19)20-2)4-3-5-12(13)17-14(18)10-6-8-16-9-7-10/h3-9H,1-2H3. The number of nitrogens with zero attached hydrogens (tertiary/aromatic N) is 3. The van der Waals surface area contributed by atoms with Crippen LogP contribution in [0.25, 0.3) is 22.4 Å². The molecule has 5 heteroatoms. The molecule has 0 radical (unpaired) electrons. The summed E-state index contributed by atoms with van der Waals surface area (Å²) in [5, 5.41) is 0. The Labute approximate surface area is 115 Å². The van der Waals surface area contributed by atoms with Gasteiger partial charge in [-0.2, -0.15) is 0 Å². The fourth-order valence-corrected chi connectivity index (χ4v) is 2.30. The predicted octanol–water partition coefficient (Wildman–Crippen LogP) is 2.42. The fourth-order valence-electron chi connectivity index (χ4n) is 2.30. The Morgan fingerprint density at radius 2 is 1.95 bits per heavy atom. The van der Waals surface area contributed by atoms with Crippen LogP contribution in [0.4, 0.5) is 0 Å². The highest BCUT2D eigenvalue weighted by molar-refractivity contribution is 6.03. The lowest BCUT2D eigenvalue weighted by Gasteiger charge is -2.05. The molecule has 0 atom stereocenters. The van der Waals surface area contributed by atoms with Gasteiger partial charge in [0, 0.05) is 25.0 Å². The predicted molar refractivity (Wildman–Crippen MR) is 75.3 cm³/mol. The second-order valence-electron chi connectivity index (χ2n) is 4.40. The molecule has 0 aliphatic heterocycles. The number of aryl methyl sites for hydroxylation is 1. The van der Waals surface area contributed by atoms with Gasteiger partial charge in [-0.15, -0.1) is 0 Å². The Kier molecular flexibility index (Phi) is 2.95. The van der Waals surface area contributed by atoms with Gasteiger partial charge in [0.2, 0.25) is 0 Å². The van der Waals surface area contributed by atoms with Gasteiger partial charge in [0.1, 0.15) is 5.82 Å². The van der Waals surface area contributed by atoms with Crippen LogP contribution in [-0.4, -0.2) is 27.6 Å². The van der Waals surface area contributed by atoms with Gasteiger partial charge in [-0.1, -0.05) is 6.07 Å². The molecule has 3 aromatic rings. The van der Waals surface area contributed by atoms with Gasteiger partial charge in [0.25, 0.3) is 0 Å². The number of carbonyl (C=O) groups is 1. The van der Waals surface area contributed by atoms with Crippen molar-refractivity contribution in [1.82, 2.24) is 14.5 Å². The van der Waals surface area contributed by atoms with Crippen molar-refractivity contribution < 1.29 is 9.53 Å². The Hall–Kier alpha value is -2.69. The third-order valence-electron chi connectivity index (χ3n) is 3.24. The van der Waals surface area contributed by atoms with Crippen molar-refractivity contribution in [2.75, 3.05) is 7.11 Å². The molecule has 0 amide bonds. The Balaban J connectivity index is 2.28. The molecule has 0 fully saturated rings. The lowest BCUT2D eigenvalue weighted by Crippen LogP contribution is -2.04. The second-order valence-corrected chi connectivity index (χ2v) is 4.40. The fraction of sp³-hybridized carbons (Fsp3) is 0.133.